The topological polar surface area (TPSA) is 287 Å². The summed E-state index contributed by atoms with van der Waals surface area (Å²) in [6.45, 7) is 4.06. The van der Waals surface area contributed by atoms with Gasteiger partial charge in [0.05, 0.1) is 49.9 Å². The van der Waals surface area contributed by atoms with Gasteiger partial charge in [-0.3, -0.25) is 0 Å². The molecule has 18 unspecified atom stereocenters. The van der Waals surface area contributed by atoms with Crippen LogP contribution in [0.4, 0.5) is 0 Å². The molecule has 4 heterocycles. The zero-order chi connectivity index (χ0) is 38.0. The molecule has 2 saturated heterocycles. The second kappa shape index (κ2) is 17.0. The van der Waals surface area contributed by atoms with Crippen molar-refractivity contribution in [1.82, 2.24) is 0 Å². The predicted octanol–water partition coefficient (Wildman–Crippen LogP) is -3.54. The lowest BCUT2D eigenvalue weighted by molar-refractivity contribution is -0.372. The van der Waals surface area contributed by atoms with Crippen molar-refractivity contribution >= 4 is 18.2 Å². The molecule has 1 aliphatic carbocycles. The second-order valence-electron chi connectivity index (χ2n) is 13.4. The van der Waals surface area contributed by atoms with Gasteiger partial charge in [0, 0.05) is 24.2 Å². The number of carbonyl (C=O) groups excluding carboxylic acids is 3. The predicted molar refractivity (Wildman–Crippen MR) is 166 cm³/mol. The zero-order valence-electron chi connectivity index (χ0n) is 28.3. The Hall–Kier alpha value is -3.05. The number of aldehydes is 1. The third-order valence-corrected chi connectivity index (χ3v) is 10.5. The summed E-state index contributed by atoms with van der Waals surface area (Å²) in [4.78, 5) is 39.4. The van der Waals surface area contributed by atoms with Crippen molar-refractivity contribution in [1.29, 1.82) is 0 Å². The Morgan fingerprint density at radius 1 is 0.865 bits per heavy atom. The average molecular weight is 747 g/mol. The minimum atomic E-state index is -1.98. The Kier molecular flexibility index (Phi) is 13.1. The standard InChI is InChI=1S/C33H46O19/c1-4-13-12(2)18-7-15(13)17(28(43)45-3)11-47-31(52-33-27(42)25(40)23(38)20(9-36)50-33)21-14(5-6-34)16(29(44)48-18)10-46-30(21)51-32-26(41)24(39)22(37)19(8-35)49-32/h4,6,10-15,18-27,30-33,35-42H,1,5,7-9H2,2-3H3. The van der Waals surface area contributed by atoms with Crippen molar-refractivity contribution in [2.24, 2.45) is 29.6 Å². The van der Waals surface area contributed by atoms with Crippen LogP contribution in [0.25, 0.3) is 0 Å². The van der Waals surface area contributed by atoms with Gasteiger partial charge in [-0.1, -0.05) is 13.0 Å². The molecule has 0 spiro atoms. The van der Waals surface area contributed by atoms with Gasteiger partial charge in [-0.25, -0.2) is 9.59 Å². The number of aliphatic hydroxyl groups excluding tert-OH is 8. The van der Waals surface area contributed by atoms with Crippen LogP contribution < -0.4 is 0 Å². The molecule has 0 aromatic carbocycles. The first kappa shape index (κ1) is 40.1. The molecule has 19 nitrogen and oxygen atoms in total. The number of ether oxygens (including phenoxy) is 8. The summed E-state index contributed by atoms with van der Waals surface area (Å²) in [5.74, 6) is -6.03. The number of hydrogen-bond donors (Lipinski definition) is 8. The summed E-state index contributed by atoms with van der Waals surface area (Å²) in [5, 5.41) is 82.8. The van der Waals surface area contributed by atoms with E-state index in [9.17, 15) is 55.2 Å². The minimum absolute atomic E-state index is 0.0494. The van der Waals surface area contributed by atoms with Gasteiger partial charge >= 0.3 is 11.9 Å². The van der Waals surface area contributed by atoms with E-state index in [1.165, 1.54) is 0 Å². The second-order valence-corrected chi connectivity index (χ2v) is 13.4. The number of methoxy groups -OCH3 is 1. The molecule has 3 fully saturated rings. The fraction of sp³-hybridized carbons (Fsp3) is 0.727. The van der Waals surface area contributed by atoms with E-state index in [0.717, 1.165) is 19.6 Å². The lowest BCUT2D eigenvalue weighted by atomic mass is 9.81. The van der Waals surface area contributed by atoms with Gasteiger partial charge in [0.15, 0.2) is 12.6 Å². The van der Waals surface area contributed by atoms with Gasteiger partial charge in [0.1, 0.15) is 61.2 Å². The summed E-state index contributed by atoms with van der Waals surface area (Å²) in [6, 6.07) is 0. The summed E-state index contributed by atoms with van der Waals surface area (Å²) < 4.78 is 46.0. The van der Waals surface area contributed by atoms with E-state index >= 15 is 0 Å². The maximum atomic E-state index is 13.9. The van der Waals surface area contributed by atoms with E-state index in [2.05, 4.69) is 6.58 Å². The van der Waals surface area contributed by atoms with Crippen molar-refractivity contribution in [3.05, 3.63) is 36.3 Å². The fourth-order valence-corrected chi connectivity index (χ4v) is 7.44. The monoisotopic (exact) mass is 746 g/mol. The molecular weight excluding hydrogens is 700 g/mol. The molecule has 4 aliphatic heterocycles. The lowest BCUT2D eigenvalue weighted by Gasteiger charge is -2.46. The van der Waals surface area contributed by atoms with Gasteiger partial charge in [-0.15, -0.1) is 6.58 Å². The van der Waals surface area contributed by atoms with Gasteiger partial charge in [-0.2, -0.15) is 0 Å². The quantitative estimate of drug-likeness (QED) is 0.0610. The molecule has 18 atom stereocenters. The van der Waals surface area contributed by atoms with E-state index in [4.69, 9.17) is 37.9 Å². The Balaban J connectivity index is 1.64. The van der Waals surface area contributed by atoms with Crippen LogP contribution in [-0.2, 0) is 52.3 Å². The van der Waals surface area contributed by atoms with Crippen molar-refractivity contribution in [3.8, 4) is 0 Å². The average Bonchev–Trinajstić information content (AvgIpc) is 3.44. The van der Waals surface area contributed by atoms with Crippen LogP contribution in [0.2, 0.25) is 0 Å². The molecule has 0 aromatic rings. The normalized spacial score (nSPS) is 45.1. The maximum absolute atomic E-state index is 13.9. The Morgan fingerprint density at radius 2 is 1.40 bits per heavy atom. The lowest BCUT2D eigenvalue weighted by Crippen LogP contribution is -2.62. The smallest absolute Gasteiger partial charge is 0.337 e. The highest BCUT2D eigenvalue weighted by Gasteiger charge is 2.54. The fourth-order valence-electron chi connectivity index (χ4n) is 7.44. The highest BCUT2D eigenvalue weighted by atomic mass is 16.8. The van der Waals surface area contributed by atoms with E-state index in [0.29, 0.717) is 6.29 Å². The number of carbonyl (C=O) groups is 3. The third-order valence-electron chi connectivity index (χ3n) is 10.5. The van der Waals surface area contributed by atoms with Crippen LogP contribution in [0.15, 0.2) is 36.3 Å². The van der Waals surface area contributed by atoms with Crippen molar-refractivity contribution in [2.75, 3.05) is 20.3 Å². The molecule has 8 N–H and O–H groups in total. The third kappa shape index (κ3) is 7.63. The van der Waals surface area contributed by atoms with Crippen LogP contribution in [0.3, 0.4) is 0 Å². The van der Waals surface area contributed by atoms with Crippen molar-refractivity contribution in [2.45, 2.75) is 99.9 Å². The highest BCUT2D eigenvalue weighted by Crippen LogP contribution is 2.46. The molecule has 1 saturated carbocycles. The van der Waals surface area contributed by atoms with Crippen molar-refractivity contribution in [3.63, 3.8) is 0 Å². The van der Waals surface area contributed by atoms with Crippen molar-refractivity contribution < 1.29 is 93.1 Å². The van der Waals surface area contributed by atoms with Gasteiger partial charge in [0.25, 0.3) is 0 Å². The number of esters is 2. The van der Waals surface area contributed by atoms with E-state index in [1.807, 2.05) is 0 Å². The van der Waals surface area contributed by atoms with Crippen LogP contribution in [-0.4, -0.2) is 159 Å². The first-order valence-corrected chi connectivity index (χ1v) is 16.8. The van der Waals surface area contributed by atoms with Gasteiger partial charge in [0.2, 0.25) is 12.6 Å². The van der Waals surface area contributed by atoms with Crippen LogP contribution in [0.1, 0.15) is 19.8 Å². The molecule has 52 heavy (non-hydrogen) atoms. The zero-order valence-corrected chi connectivity index (χ0v) is 28.3. The Bertz CT molecular complexity index is 1350. The highest BCUT2D eigenvalue weighted by molar-refractivity contribution is 5.90. The molecule has 0 amide bonds. The SMILES string of the molecule is C=CC1C2CC(OC(=O)C3=COC(OC4OC(CO)C(O)C(O)C4O)C(C(OC4OC(CO)C(O)C(O)C4O)OC=C2C(=O)OC)C3CC=O)C1C. The molecule has 19 heteroatoms. The van der Waals surface area contributed by atoms with E-state index < -0.39 is 135 Å². The van der Waals surface area contributed by atoms with E-state index in [1.54, 1.807) is 13.0 Å². The summed E-state index contributed by atoms with van der Waals surface area (Å²) in [7, 11) is 1.14. The van der Waals surface area contributed by atoms with Gasteiger partial charge in [-0.05, 0) is 12.3 Å². The van der Waals surface area contributed by atoms with E-state index in [-0.39, 0.29) is 23.5 Å². The van der Waals surface area contributed by atoms with Crippen LogP contribution >= 0.6 is 0 Å². The molecule has 0 radical (unpaired) electrons. The maximum Gasteiger partial charge on any atom is 0.337 e. The molecule has 0 aromatic heterocycles. The number of aliphatic hydroxyl groups is 8. The first-order valence-electron chi connectivity index (χ1n) is 16.8. The largest absolute Gasteiger partial charge is 0.471 e. The number of rotatable bonds is 10. The molecule has 5 rings (SSSR count). The molecule has 5 aliphatic rings. The van der Waals surface area contributed by atoms with Crippen LogP contribution in [0, 0.1) is 29.6 Å². The number of allylic oxidation sites excluding steroid dienone is 1. The van der Waals surface area contributed by atoms with Gasteiger partial charge < -0.3 is 83.5 Å². The molecule has 4 bridgehead atoms. The first-order chi connectivity index (χ1) is 24.8. The molecule has 292 valence electrons. The number of fused-ring (bicyclic) bond motifs is 4. The van der Waals surface area contributed by atoms with Crippen LogP contribution in [0.5, 0.6) is 0 Å². The summed E-state index contributed by atoms with van der Waals surface area (Å²) >= 11 is 0. The number of hydrogen-bond acceptors (Lipinski definition) is 19. The summed E-state index contributed by atoms with van der Waals surface area (Å²) in [6.07, 6.45) is -18.4. The molecular formula is C33H46O19. The summed E-state index contributed by atoms with van der Waals surface area (Å²) in [5.41, 5.74) is -0.244. The Morgan fingerprint density at radius 3 is 1.88 bits per heavy atom. The minimum Gasteiger partial charge on any atom is -0.471 e. The Labute approximate surface area is 297 Å².